The van der Waals surface area contributed by atoms with Crippen molar-refractivity contribution in [1.82, 2.24) is 0 Å². The highest BCUT2D eigenvalue weighted by Crippen LogP contribution is 2.16. The first-order valence-corrected chi connectivity index (χ1v) is 12.0. The Morgan fingerprint density at radius 1 is 0.577 bits per heavy atom. The molecule has 0 aliphatic heterocycles. The van der Waals surface area contributed by atoms with Gasteiger partial charge in [0.2, 0.25) is 0 Å². The van der Waals surface area contributed by atoms with Crippen molar-refractivity contribution < 1.29 is 9.47 Å². The summed E-state index contributed by atoms with van der Waals surface area (Å²) in [4.78, 5) is 0. The molecule has 0 heterocycles. The zero-order valence-electron chi connectivity index (χ0n) is 20.6. The number of hydrogen-bond donors (Lipinski definition) is 0. The van der Waals surface area contributed by atoms with E-state index in [9.17, 15) is 0 Å². The monoisotopic (exact) mass is 394 g/mol. The highest BCUT2D eigenvalue weighted by atomic mass is 32.2. The summed E-state index contributed by atoms with van der Waals surface area (Å²) in [5, 5.41) is 0.852. The molecule has 0 amide bonds. The van der Waals surface area contributed by atoms with Crippen molar-refractivity contribution in [2.24, 2.45) is 11.8 Å². The molecule has 5 atom stereocenters. The fourth-order valence-corrected chi connectivity index (χ4v) is 1.64. The van der Waals surface area contributed by atoms with Gasteiger partial charge in [-0.15, -0.1) is 0 Å². The highest BCUT2D eigenvalue weighted by molar-refractivity contribution is 7.99. The summed E-state index contributed by atoms with van der Waals surface area (Å²) in [6.45, 7) is 21.9. The van der Waals surface area contributed by atoms with Crippen molar-refractivity contribution in [3.05, 3.63) is 0 Å². The third kappa shape index (κ3) is 32.0. The number of ether oxygens (including phenoxy) is 2. The van der Waals surface area contributed by atoms with E-state index < -0.39 is 0 Å². The summed E-state index contributed by atoms with van der Waals surface area (Å²) >= 11 is 1.92. The summed E-state index contributed by atoms with van der Waals surface area (Å²) in [5.41, 5.74) is 0. The minimum Gasteiger partial charge on any atom is -0.382 e. The zero-order chi connectivity index (χ0) is 21.5. The summed E-state index contributed by atoms with van der Waals surface area (Å²) in [7, 11) is 3.46. The fraction of sp³-hybridized carbons (Fsp3) is 1.00. The molecule has 0 aliphatic carbocycles. The molecule has 0 saturated carbocycles. The van der Waals surface area contributed by atoms with E-state index in [0.29, 0.717) is 12.2 Å². The van der Waals surface area contributed by atoms with Gasteiger partial charge in [-0.3, -0.25) is 0 Å². The Kier molecular flexibility index (Phi) is 35.8. The molecule has 0 aromatic rings. The normalized spacial score (nSPS) is 15.6. The van der Waals surface area contributed by atoms with Crippen molar-refractivity contribution in [1.29, 1.82) is 0 Å². The lowest BCUT2D eigenvalue weighted by atomic mass is 9.92. The molecule has 0 rings (SSSR count). The summed E-state index contributed by atoms with van der Waals surface area (Å²) in [6, 6.07) is 0. The van der Waals surface area contributed by atoms with E-state index in [-0.39, 0.29) is 0 Å². The van der Waals surface area contributed by atoms with E-state index in [1.54, 1.807) is 14.2 Å². The molecule has 0 fully saturated rings. The Morgan fingerprint density at radius 2 is 0.885 bits per heavy atom. The minimum atomic E-state index is 0.435. The topological polar surface area (TPSA) is 18.5 Å². The van der Waals surface area contributed by atoms with Crippen LogP contribution in [0.5, 0.6) is 0 Å². The van der Waals surface area contributed by atoms with Gasteiger partial charge in [-0.2, -0.15) is 11.8 Å². The lowest BCUT2D eigenvalue weighted by Gasteiger charge is -2.14. The van der Waals surface area contributed by atoms with Crippen LogP contribution in [0.4, 0.5) is 0 Å². The molecule has 0 aromatic carbocycles. The molecule has 2 nitrogen and oxygen atoms in total. The highest BCUT2D eigenvalue weighted by Gasteiger charge is 2.05. The Bertz CT molecular complexity index is 180. The average Bonchev–Trinajstić information content (AvgIpc) is 2.71. The van der Waals surface area contributed by atoms with Crippen LogP contribution in [0.15, 0.2) is 0 Å². The molecule has 3 heteroatoms. The van der Waals surface area contributed by atoms with Crippen LogP contribution in [0.1, 0.15) is 101 Å². The van der Waals surface area contributed by atoms with Crippen LogP contribution in [-0.2, 0) is 9.47 Å². The van der Waals surface area contributed by atoms with Gasteiger partial charge in [-0.05, 0) is 51.2 Å². The molecule has 0 aliphatic rings. The maximum Gasteiger partial charge on any atom is 0.0540 e. The first kappa shape index (κ1) is 33.8. The van der Waals surface area contributed by atoms with Crippen LogP contribution in [0.3, 0.4) is 0 Å². The average molecular weight is 395 g/mol. The fourth-order valence-electron chi connectivity index (χ4n) is 1.30. The first-order valence-electron chi connectivity index (χ1n) is 10.7. The van der Waals surface area contributed by atoms with Crippen LogP contribution >= 0.6 is 11.8 Å². The second-order valence-corrected chi connectivity index (χ2v) is 8.41. The van der Waals surface area contributed by atoms with Crippen molar-refractivity contribution in [2.75, 3.05) is 20.5 Å². The van der Waals surface area contributed by atoms with Crippen LogP contribution in [-0.4, -0.2) is 37.9 Å². The second-order valence-electron chi connectivity index (χ2n) is 7.13. The summed E-state index contributed by atoms with van der Waals surface area (Å²) in [6.07, 6.45) is 9.18. The van der Waals surface area contributed by atoms with Crippen molar-refractivity contribution >= 4 is 11.8 Å². The molecule has 0 N–H and O–H groups in total. The van der Waals surface area contributed by atoms with Crippen LogP contribution < -0.4 is 0 Å². The molecule has 0 radical (unpaired) electrons. The van der Waals surface area contributed by atoms with Crippen molar-refractivity contribution in [2.45, 2.75) is 119 Å². The Morgan fingerprint density at radius 3 is 0.923 bits per heavy atom. The number of rotatable bonds is 9. The molecule has 26 heavy (non-hydrogen) atoms. The van der Waals surface area contributed by atoms with Crippen LogP contribution in [0.25, 0.3) is 0 Å². The predicted octanol–water partition coefficient (Wildman–Crippen LogP) is 8.09. The SMILES string of the molecule is CCC(C)C(C)CC.CCC(C)OC.CCC(C)OC.CCC(C)SC. The quantitative estimate of drug-likeness (QED) is 0.393. The molecule has 164 valence electrons. The van der Waals surface area contributed by atoms with Gasteiger partial charge < -0.3 is 9.47 Å². The molecular weight excluding hydrogens is 340 g/mol. The van der Waals surface area contributed by atoms with Gasteiger partial charge in [-0.1, -0.05) is 68.2 Å². The van der Waals surface area contributed by atoms with Gasteiger partial charge in [0.15, 0.2) is 0 Å². The van der Waals surface area contributed by atoms with Crippen LogP contribution in [0.2, 0.25) is 0 Å². The maximum atomic E-state index is 4.90. The standard InChI is InChI=1S/C8H18.2C5H12O.C5H12S/c1-5-7(3)8(4)6-2;3*1-4-5(2)6-3/h7-8H,5-6H2,1-4H3;3*5H,4H2,1-3H3. The Balaban J connectivity index is -0.000000125. The number of hydrogen-bond acceptors (Lipinski definition) is 3. The van der Waals surface area contributed by atoms with E-state index in [1.807, 2.05) is 11.8 Å². The molecule has 0 aromatic heterocycles. The molecule has 5 unspecified atom stereocenters. The lowest BCUT2D eigenvalue weighted by Crippen LogP contribution is -2.04. The lowest BCUT2D eigenvalue weighted by molar-refractivity contribution is 0.115. The number of methoxy groups -OCH3 is 2. The van der Waals surface area contributed by atoms with Crippen LogP contribution in [0, 0.1) is 11.8 Å². The Labute approximate surface area is 172 Å². The first-order chi connectivity index (χ1) is 12.1. The molecule has 0 bridgehead atoms. The van der Waals surface area contributed by atoms with E-state index in [1.165, 1.54) is 19.3 Å². The smallest absolute Gasteiger partial charge is 0.0540 e. The predicted molar refractivity (Wildman–Crippen MR) is 126 cm³/mol. The maximum absolute atomic E-state index is 4.90. The van der Waals surface area contributed by atoms with Gasteiger partial charge in [0.1, 0.15) is 0 Å². The van der Waals surface area contributed by atoms with Crippen molar-refractivity contribution in [3.63, 3.8) is 0 Å². The summed E-state index contributed by atoms with van der Waals surface area (Å²) < 4.78 is 9.80. The van der Waals surface area contributed by atoms with E-state index in [2.05, 4.69) is 75.5 Å². The Hall–Kier alpha value is 0.270. The third-order valence-corrected chi connectivity index (χ3v) is 6.33. The van der Waals surface area contributed by atoms with E-state index in [4.69, 9.17) is 9.47 Å². The van der Waals surface area contributed by atoms with Gasteiger partial charge >= 0.3 is 0 Å². The van der Waals surface area contributed by atoms with E-state index in [0.717, 1.165) is 29.9 Å². The number of thioether (sulfide) groups is 1. The summed E-state index contributed by atoms with van der Waals surface area (Å²) in [5.74, 6) is 1.83. The van der Waals surface area contributed by atoms with Crippen molar-refractivity contribution in [3.8, 4) is 0 Å². The van der Waals surface area contributed by atoms with Gasteiger partial charge in [0.25, 0.3) is 0 Å². The second kappa shape index (κ2) is 27.5. The molecular formula is C23H54O2S. The van der Waals surface area contributed by atoms with E-state index >= 15 is 0 Å². The zero-order valence-corrected chi connectivity index (χ0v) is 21.5. The molecule has 0 saturated heterocycles. The van der Waals surface area contributed by atoms with Gasteiger partial charge in [-0.25, -0.2) is 0 Å². The van der Waals surface area contributed by atoms with Gasteiger partial charge in [0.05, 0.1) is 12.2 Å². The molecule has 0 spiro atoms. The minimum absolute atomic E-state index is 0.435. The third-order valence-electron chi connectivity index (χ3n) is 5.19. The largest absolute Gasteiger partial charge is 0.382 e. The van der Waals surface area contributed by atoms with Gasteiger partial charge in [0, 0.05) is 19.5 Å².